The van der Waals surface area contributed by atoms with E-state index in [0.717, 1.165) is 6.42 Å². The highest BCUT2D eigenvalue weighted by Crippen LogP contribution is 2.22. The minimum atomic E-state index is -0.480. The van der Waals surface area contributed by atoms with Gasteiger partial charge in [0.05, 0.1) is 12.8 Å². The Hall–Kier alpha value is -1.85. The van der Waals surface area contributed by atoms with Crippen molar-refractivity contribution in [3.8, 4) is 0 Å². The summed E-state index contributed by atoms with van der Waals surface area (Å²) in [4.78, 5) is 25.6. The van der Waals surface area contributed by atoms with Crippen molar-refractivity contribution in [2.75, 3.05) is 13.2 Å². The second-order valence-corrected chi connectivity index (χ2v) is 4.20. The maximum Gasteiger partial charge on any atom is 0.328 e. The molecule has 2 rings (SSSR count). The van der Waals surface area contributed by atoms with Crippen LogP contribution in [0.5, 0.6) is 0 Å². The molecule has 0 bridgehead atoms. The minimum absolute atomic E-state index is 0.218. The first kappa shape index (κ1) is 12.6. The maximum atomic E-state index is 12.3. The first-order chi connectivity index (χ1) is 8.65. The van der Waals surface area contributed by atoms with Gasteiger partial charge in [-0.15, -0.1) is 0 Å². The molecule has 2 heterocycles. The Labute approximate surface area is 105 Å². The van der Waals surface area contributed by atoms with E-state index in [2.05, 4.69) is 5.16 Å². The van der Waals surface area contributed by atoms with Crippen molar-refractivity contribution in [2.45, 2.75) is 32.7 Å². The Morgan fingerprint density at radius 3 is 3.00 bits per heavy atom. The first-order valence-corrected chi connectivity index (χ1v) is 6.04. The van der Waals surface area contributed by atoms with Crippen LogP contribution in [0.3, 0.4) is 0 Å². The summed E-state index contributed by atoms with van der Waals surface area (Å²) < 4.78 is 9.86. The van der Waals surface area contributed by atoms with E-state index >= 15 is 0 Å². The van der Waals surface area contributed by atoms with Gasteiger partial charge >= 0.3 is 5.97 Å². The molecule has 1 fully saturated rings. The highest BCUT2D eigenvalue weighted by Gasteiger charge is 2.36. The van der Waals surface area contributed by atoms with E-state index in [9.17, 15) is 9.59 Å². The molecule has 98 valence electrons. The molecule has 0 aromatic carbocycles. The third-order valence-corrected chi connectivity index (χ3v) is 3.05. The second-order valence-electron chi connectivity index (χ2n) is 4.20. The smallest absolute Gasteiger partial charge is 0.328 e. The molecule has 1 atom stereocenters. The molecule has 0 radical (unpaired) electrons. The van der Waals surface area contributed by atoms with Crippen LogP contribution in [-0.2, 0) is 9.53 Å². The lowest BCUT2D eigenvalue weighted by Crippen LogP contribution is -2.41. The van der Waals surface area contributed by atoms with Crippen molar-refractivity contribution >= 4 is 11.9 Å². The molecule has 0 saturated carbocycles. The van der Waals surface area contributed by atoms with Gasteiger partial charge in [0.1, 0.15) is 17.4 Å². The van der Waals surface area contributed by atoms with Gasteiger partial charge in [-0.05, 0) is 26.7 Å². The van der Waals surface area contributed by atoms with Gasteiger partial charge in [-0.2, -0.15) is 0 Å². The van der Waals surface area contributed by atoms with Gasteiger partial charge in [-0.3, -0.25) is 4.79 Å². The Bertz CT molecular complexity index is 455. The van der Waals surface area contributed by atoms with E-state index in [1.54, 1.807) is 13.8 Å². The third kappa shape index (κ3) is 2.23. The van der Waals surface area contributed by atoms with Crippen molar-refractivity contribution in [1.82, 2.24) is 10.1 Å². The molecular weight excluding hydrogens is 236 g/mol. The summed E-state index contributed by atoms with van der Waals surface area (Å²) in [5.74, 6) is -0.0868. The molecule has 1 unspecified atom stereocenters. The minimum Gasteiger partial charge on any atom is -0.464 e. The number of hydrogen-bond acceptors (Lipinski definition) is 5. The van der Waals surface area contributed by atoms with Crippen LogP contribution in [0.25, 0.3) is 0 Å². The number of nitrogens with zero attached hydrogens (tertiary/aromatic N) is 2. The fraction of sp³-hybridized carbons (Fsp3) is 0.583. The lowest BCUT2D eigenvalue weighted by molar-refractivity contribution is -0.147. The van der Waals surface area contributed by atoms with Crippen LogP contribution in [0.15, 0.2) is 10.7 Å². The molecule has 0 aliphatic carbocycles. The lowest BCUT2D eigenvalue weighted by Gasteiger charge is -2.22. The maximum absolute atomic E-state index is 12.3. The quantitative estimate of drug-likeness (QED) is 0.754. The molecule has 1 saturated heterocycles. The van der Waals surface area contributed by atoms with E-state index in [1.165, 1.54) is 11.1 Å². The summed E-state index contributed by atoms with van der Waals surface area (Å²) in [6.45, 7) is 4.31. The van der Waals surface area contributed by atoms with Gasteiger partial charge in [0.2, 0.25) is 0 Å². The Morgan fingerprint density at radius 2 is 2.39 bits per heavy atom. The summed E-state index contributed by atoms with van der Waals surface area (Å²) in [5, 5.41) is 3.58. The normalized spacial score (nSPS) is 19.0. The average molecular weight is 252 g/mol. The molecular formula is C12H16N2O4. The number of carbonyl (C=O) groups excluding carboxylic acids is 2. The number of rotatable bonds is 3. The number of amides is 1. The van der Waals surface area contributed by atoms with Crippen LogP contribution in [0.1, 0.15) is 35.9 Å². The Kier molecular flexibility index (Phi) is 3.64. The molecule has 18 heavy (non-hydrogen) atoms. The molecule has 6 heteroatoms. The molecule has 1 aliphatic heterocycles. The fourth-order valence-electron chi connectivity index (χ4n) is 2.15. The summed E-state index contributed by atoms with van der Waals surface area (Å²) in [6.07, 6.45) is 2.84. The summed E-state index contributed by atoms with van der Waals surface area (Å²) in [6, 6.07) is -0.480. The summed E-state index contributed by atoms with van der Waals surface area (Å²) in [7, 11) is 0. The molecule has 1 aromatic rings. The highest BCUT2D eigenvalue weighted by atomic mass is 16.5. The largest absolute Gasteiger partial charge is 0.464 e. The SMILES string of the molecule is CCOC(=O)C1CCCN1C(=O)c1cnoc1C. The number of ether oxygens (including phenoxy) is 1. The van der Waals surface area contributed by atoms with Crippen LogP contribution in [-0.4, -0.2) is 41.1 Å². The zero-order chi connectivity index (χ0) is 13.1. The predicted octanol–water partition coefficient (Wildman–Crippen LogP) is 1.15. The standard InChI is InChI=1S/C12H16N2O4/c1-3-17-12(16)10-5-4-6-14(10)11(15)9-7-13-18-8(9)2/h7,10H,3-6H2,1-2H3. The van der Waals surface area contributed by atoms with Crippen molar-refractivity contribution < 1.29 is 18.8 Å². The van der Waals surface area contributed by atoms with Crippen LogP contribution in [0, 0.1) is 6.92 Å². The second kappa shape index (κ2) is 5.20. The van der Waals surface area contributed by atoms with Gasteiger partial charge in [-0.1, -0.05) is 5.16 Å². The van der Waals surface area contributed by atoms with Gasteiger partial charge in [0.25, 0.3) is 5.91 Å². The number of esters is 1. The van der Waals surface area contributed by atoms with Crippen molar-refractivity contribution in [3.63, 3.8) is 0 Å². The van der Waals surface area contributed by atoms with Gasteiger partial charge < -0.3 is 14.2 Å². The van der Waals surface area contributed by atoms with E-state index < -0.39 is 6.04 Å². The summed E-state index contributed by atoms with van der Waals surface area (Å²) in [5.41, 5.74) is 0.409. The summed E-state index contributed by atoms with van der Waals surface area (Å²) >= 11 is 0. The predicted molar refractivity (Wildman–Crippen MR) is 61.9 cm³/mol. The zero-order valence-corrected chi connectivity index (χ0v) is 10.5. The third-order valence-electron chi connectivity index (χ3n) is 3.05. The first-order valence-electron chi connectivity index (χ1n) is 6.04. The monoisotopic (exact) mass is 252 g/mol. The van der Waals surface area contributed by atoms with Gasteiger partial charge in [0, 0.05) is 6.54 Å². The van der Waals surface area contributed by atoms with Crippen LogP contribution in [0.2, 0.25) is 0 Å². The van der Waals surface area contributed by atoms with Crippen molar-refractivity contribution in [3.05, 3.63) is 17.5 Å². The van der Waals surface area contributed by atoms with Gasteiger partial charge in [0.15, 0.2) is 0 Å². The molecule has 1 aromatic heterocycles. The Morgan fingerprint density at radius 1 is 1.61 bits per heavy atom. The van der Waals surface area contributed by atoms with E-state index in [0.29, 0.717) is 30.9 Å². The Balaban J connectivity index is 2.15. The number of aryl methyl sites for hydroxylation is 1. The number of carbonyl (C=O) groups is 2. The molecule has 0 N–H and O–H groups in total. The van der Waals surface area contributed by atoms with Crippen molar-refractivity contribution in [2.24, 2.45) is 0 Å². The zero-order valence-electron chi connectivity index (χ0n) is 10.5. The molecule has 0 spiro atoms. The van der Waals surface area contributed by atoms with Crippen molar-refractivity contribution in [1.29, 1.82) is 0 Å². The molecule has 1 aliphatic rings. The number of hydrogen-bond donors (Lipinski definition) is 0. The molecule has 6 nitrogen and oxygen atoms in total. The topological polar surface area (TPSA) is 72.6 Å². The van der Waals surface area contributed by atoms with Gasteiger partial charge in [-0.25, -0.2) is 4.79 Å². The average Bonchev–Trinajstić information content (AvgIpc) is 2.96. The van der Waals surface area contributed by atoms with Crippen LogP contribution >= 0.6 is 0 Å². The number of aromatic nitrogens is 1. The molecule has 1 amide bonds. The highest BCUT2D eigenvalue weighted by molar-refractivity contribution is 5.97. The lowest BCUT2D eigenvalue weighted by atomic mass is 10.2. The fourth-order valence-corrected chi connectivity index (χ4v) is 2.15. The van der Waals surface area contributed by atoms with Crippen LogP contribution < -0.4 is 0 Å². The van der Waals surface area contributed by atoms with E-state index in [-0.39, 0.29) is 11.9 Å². The van der Waals surface area contributed by atoms with E-state index in [1.807, 2.05) is 0 Å². The van der Waals surface area contributed by atoms with Crippen LogP contribution in [0.4, 0.5) is 0 Å². The van der Waals surface area contributed by atoms with E-state index in [4.69, 9.17) is 9.26 Å². The number of likely N-dealkylation sites (tertiary alicyclic amines) is 1.